The molecule has 1 heterocycles. The van der Waals surface area contributed by atoms with E-state index in [1.54, 1.807) is 7.11 Å². The average molecular weight is 276 g/mol. The lowest BCUT2D eigenvalue weighted by molar-refractivity contribution is -0.132. The van der Waals surface area contributed by atoms with Crippen LogP contribution in [0.2, 0.25) is 0 Å². The predicted octanol–water partition coefficient (Wildman–Crippen LogP) is 1.79. The number of carbonyl (C=O) groups excluding carboxylic acids is 1. The molecule has 1 aliphatic rings. The third-order valence-corrected chi connectivity index (χ3v) is 3.92. The molecule has 0 radical (unpaired) electrons. The van der Waals surface area contributed by atoms with Gasteiger partial charge in [0.15, 0.2) is 0 Å². The third-order valence-electron chi connectivity index (χ3n) is 3.92. The Morgan fingerprint density at radius 3 is 2.55 bits per heavy atom. The molecule has 1 amide bonds. The standard InChI is InChI=1S/C16H24N2O2/c1-3-16(19)18-12-10-17(11-13-18)9-8-14-6-4-5-7-15(14)20-2/h4-7H,3,8-13H2,1-2H3. The van der Waals surface area contributed by atoms with Gasteiger partial charge < -0.3 is 9.64 Å². The van der Waals surface area contributed by atoms with Gasteiger partial charge in [-0.1, -0.05) is 25.1 Å². The Labute approximate surface area is 121 Å². The first kappa shape index (κ1) is 14.9. The molecule has 4 nitrogen and oxygen atoms in total. The normalized spacial score (nSPS) is 16.2. The molecular weight excluding hydrogens is 252 g/mol. The SMILES string of the molecule is CCC(=O)N1CCN(CCc2ccccc2OC)CC1. The van der Waals surface area contributed by atoms with E-state index in [2.05, 4.69) is 17.0 Å². The fraction of sp³-hybridized carbons (Fsp3) is 0.562. The van der Waals surface area contributed by atoms with Gasteiger partial charge in [0, 0.05) is 39.1 Å². The summed E-state index contributed by atoms with van der Waals surface area (Å²) >= 11 is 0. The van der Waals surface area contributed by atoms with Crippen LogP contribution in [0, 0.1) is 0 Å². The van der Waals surface area contributed by atoms with E-state index in [0.717, 1.165) is 44.9 Å². The number of para-hydroxylation sites is 1. The van der Waals surface area contributed by atoms with Gasteiger partial charge in [0.25, 0.3) is 0 Å². The summed E-state index contributed by atoms with van der Waals surface area (Å²) in [6, 6.07) is 8.18. The molecule has 1 aromatic carbocycles. The molecule has 2 rings (SSSR count). The first-order valence-corrected chi connectivity index (χ1v) is 7.36. The maximum absolute atomic E-state index is 11.6. The van der Waals surface area contributed by atoms with Gasteiger partial charge in [-0.2, -0.15) is 0 Å². The highest BCUT2D eigenvalue weighted by Crippen LogP contribution is 2.18. The van der Waals surface area contributed by atoms with E-state index < -0.39 is 0 Å². The summed E-state index contributed by atoms with van der Waals surface area (Å²) in [6.07, 6.45) is 1.60. The van der Waals surface area contributed by atoms with Crippen LogP contribution in [-0.2, 0) is 11.2 Å². The predicted molar refractivity (Wildman–Crippen MR) is 80.0 cm³/mol. The molecule has 0 aliphatic carbocycles. The van der Waals surface area contributed by atoms with Crippen molar-refractivity contribution in [2.45, 2.75) is 19.8 Å². The summed E-state index contributed by atoms with van der Waals surface area (Å²) in [5.74, 6) is 1.24. The van der Waals surface area contributed by atoms with Crippen LogP contribution in [0.3, 0.4) is 0 Å². The highest BCUT2D eigenvalue weighted by atomic mass is 16.5. The fourth-order valence-corrected chi connectivity index (χ4v) is 2.63. The largest absolute Gasteiger partial charge is 0.496 e. The smallest absolute Gasteiger partial charge is 0.222 e. The number of ether oxygens (including phenoxy) is 1. The summed E-state index contributed by atoms with van der Waals surface area (Å²) in [4.78, 5) is 16.0. The Balaban J connectivity index is 1.80. The number of hydrogen-bond donors (Lipinski definition) is 0. The van der Waals surface area contributed by atoms with Crippen LogP contribution in [0.4, 0.5) is 0 Å². The van der Waals surface area contributed by atoms with Crippen LogP contribution >= 0.6 is 0 Å². The van der Waals surface area contributed by atoms with Crippen molar-refractivity contribution in [3.05, 3.63) is 29.8 Å². The minimum absolute atomic E-state index is 0.273. The van der Waals surface area contributed by atoms with Crippen molar-refractivity contribution in [1.29, 1.82) is 0 Å². The molecule has 0 atom stereocenters. The van der Waals surface area contributed by atoms with E-state index in [-0.39, 0.29) is 5.91 Å². The lowest BCUT2D eigenvalue weighted by Crippen LogP contribution is -2.48. The Hall–Kier alpha value is -1.55. The molecule has 1 saturated heterocycles. The Morgan fingerprint density at radius 2 is 1.90 bits per heavy atom. The highest BCUT2D eigenvalue weighted by Gasteiger charge is 2.19. The quantitative estimate of drug-likeness (QED) is 0.822. The number of carbonyl (C=O) groups is 1. The number of methoxy groups -OCH3 is 1. The maximum Gasteiger partial charge on any atom is 0.222 e. The van der Waals surface area contributed by atoms with E-state index >= 15 is 0 Å². The second kappa shape index (κ2) is 7.29. The topological polar surface area (TPSA) is 32.8 Å². The first-order valence-electron chi connectivity index (χ1n) is 7.36. The van der Waals surface area contributed by atoms with Gasteiger partial charge in [-0.25, -0.2) is 0 Å². The van der Waals surface area contributed by atoms with E-state index in [0.29, 0.717) is 6.42 Å². The Morgan fingerprint density at radius 1 is 1.20 bits per heavy atom. The first-order chi connectivity index (χ1) is 9.74. The number of benzene rings is 1. The van der Waals surface area contributed by atoms with Gasteiger partial charge in [-0.3, -0.25) is 9.69 Å². The molecule has 1 aliphatic heterocycles. The van der Waals surface area contributed by atoms with Crippen molar-refractivity contribution >= 4 is 5.91 Å². The van der Waals surface area contributed by atoms with E-state index in [1.165, 1.54) is 5.56 Å². The molecule has 0 aromatic heterocycles. The van der Waals surface area contributed by atoms with E-state index in [4.69, 9.17) is 4.74 Å². The van der Waals surface area contributed by atoms with Crippen molar-refractivity contribution in [2.24, 2.45) is 0 Å². The number of amides is 1. The van der Waals surface area contributed by atoms with Crippen LogP contribution in [0.1, 0.15) is 18.9 Å². The zero-order valence-corrected chi connectivity index (χ0v) is 12.5. The number of hydrogen-bond acceptors (Lipinski definition) is 3. The molecule has 0 saturated carbocycles. The summed E-state index contributed by atoms with van der Waals surface area (Å²) in [5.41, 5.74) is 1.25. The van der Waals surface area contributed by atoms with Crippen molar-refractivity contribution < 1.29 is 9.53 Å². The highest BCUT2D eigenvalue weighted by molar-refractivity contribution is 5.75. The van der Waals surface area contributed by atoms with Crippen molar-refractivity contribution in [2.75, 3.05) is 39.8 Å². The van der Waals surface area contributed by atoms with Gasteiger partial charge in [-0.15, -0.1) is 0 Å². The lowest BCUT2D eigenvalue weighted by atomic mass is 10.1. The summed E-state index contributed by atoms with van der Waals surface area (Å²) in [6.45, 7) is 6.61. The van der Waals surface area contributed by atoms with Crippen molar-refractivity contribution in [3.63, 3.8) is 0 Å². The average Bonchev–Trinajstić information content (AvgIpc) is 2.53. The molecular formula is C16H24N2O2. The summed E-state index contributed by atoms with van der Waals surface area (Å²) < 4.78 is 5.38. The summed E-state index contributed by atoms with van der Waals surface area (Å²) in [5, 5.41) is 0. The van der Waals surface area contributed by atoms with Gasteiger partial charge in [0.1, 0.15) is 5.75 Å². The van der Waals surface area contributed by atoms with Crippen LogP contribution < -0.4 is 4.74 Å². The van der Waals surface area contributed by atoms with Gasteiger partial charge in [0.2, 0.25) is 5.91 Å². The molecule has 0 bridgehead atoms. The van der Waals surface area contributed by atoms with Crippen LogP contribution in [0.5, 0.6) is 5.75 Å². The minimum Gasteiger partial charge on any atom is -0.496 e. The molecule has 0 unspecified atom stereocenters. The van der Waals surface area contributed by atoms with Gasteiger partial charge in [0.05, 0.1) is 7.11 Å². The lowest BCUT2D eigenvalue weighted by Gasteiger charge is -2.34. The zero-order chi connectivity index (χ0) is 14.4. The molecule has 110 valence electrons. The Bertz CT molecular complexity index is 440. The molecule has 1 fully saturated rings. The van der Waals surface area contributed by atoms with Gasteiger partial charge >= 0.3 is 0 Å². The van der Waals surface area contributed by atoms with Crippen LogP contribution in [-0.4, -0.2) is 55.5 Å². The van der Waals surface area contributed by atoms with Crippen molar-refractivity contribution in [3.8, 4) is 5.75 Å². The molecule has 4 heteroatoms. The Kier molecular flexibility index (Phi) is 5.41. The minimum atomic E-state index is 0.273. The van der Waals surface area contributed by atoms with Gasteiger partial charge in [-0.05, 0) is 18.1 Å². The van der Waals surface area contributed by atoms with Crippen LogP contribution in [0.25, 0.3) is 0 Å². The van der Waals surface area contributed by atoms with Crippen LogP contribution in [0.15, 0.2) is 24.3 Å². The number of nitrogens with zero attached hydrogens (tertiary/aromatic N) is 2. The second-order valence-corrected chi connectivity index (χ2v) is 5.14. The van der Waals surface area contributed by atoms with E-state index in [1.807, 2.05) is 24.0 Å². The third kappa shape index (κ3) is 3.73. The monoisotopic (exact) mass is 276 g/mol. The molecule has 0 spiro atoms. The fourth-order valence-electron chi connectivity index (χ4n) is 2.63. The maximum atomic E-state index is 11.6. The molecule has 1 aromatic rings. The molecule has 0 N–H and O–H groups in total. The second-order valence-electron chi connectivity index (χ2n) is 5.14. The molecule has 20 heavy (non-hydrogen) atoms. The summed E-state index contributed by atoms with van der Waals surface area (Å²) in [7, 11) is 1.72. The number of rotatable bonds is 5. The van der Waals surface area contributed by atoms with E-state index in [9.17, 15) is 4.79 Å². The number of piperazine rings is 1. The zero-order valence-electron chi connectivity index (χ0n) is 12.5. The van der Waals surface area contributed by atoms with Crippen molar-refractivity contribution in [1.82, 2.24) is 9.80 Å².